The lowest BCUT2D eigenvalue weighted by molar-refractivity contribution is -0.118. The predicted octanol–water partition coefficient (Wildman–Crippen LogP) is 2.93. The number of carbonyl (C=O) groups is 1. The smallest absolute Gasteiger partial charge is 0.239 e. The number of hydrogen-bond acceptors (Lipinski definition) is 6. The second-order valence-electron chi connectivity index (χ2n) is 6.28. The molecule has 0 aliphatic carbocycles. The van der Waals surface area contributed by atoms with Gasteiger partial charge in [-0.15, -0.1) is 5.10 Å². The fourth-order valence-electron chi connectivity index (χ4n) is 2.57. The van der Waals surface area contributed by atoms with E-state index >= 15 is 0 Å². The van der Waals surface area contributed by atoms with Gasteiger partial charge in [0.05, 0.1) is 18.6 Å². The number of rotatable bonds is 6. The molecular weight excluding hydrogens is 360 g/mol. The summed E-state index contributed by atoms with van der Waals surface area (Å²) in [5.74, 6) is 0.762. The number of amides is 1. The van der Waals surface area contributed by atoms with Gasteiger partial charge in [-0.2, -0.15) is 5.10 Å². The second kappa shape index (κ2) is 8.73. The van der Waals surface area contributed by atoms with Crippen molar-refractivity contribution in [3.63, 3.8) is 0 Å². The highest BCUT2D eigenvalue weighted by Gasteiger charge is 2.30. The fraction of sp³-hybridized carbons (Fsp3) is 0.250. The maximum absolute atomic E-state index is 12.2. The summed E-state index contributed by atoms with van der Waals surface area (Å²) in [6.07, 6.45) is 2.31. The Hall–Kier alpha value is -2.80. The molecular formula is C20H22N4O2S. The molecule has 0 saturated carbocycles. The van der Waals surface area contributed by atoms with E-state index in [2.05, 4.69) is 15.5 Å². The Morgan fingerprint density at radius 1 is 1.15 bits per heavy atom. The topological polar surface area (TPSA) is 66.3 Å². The third-order valence-corrected chi connectivity index (χ3v) is 5.19. The van der Waals surface area contributed by atoms with Crippen LogP contribution in [0.5, 0.6) is 5.75 Å². The van der Waals surface area contributed by atoms with Crippen molar-refractivity contribution in [1.29, 1.82) is 0 Å². The first-order chi connectivity index (χ1) is 13.0. The number of nitrogens with one attached hydrogen (secondary N) is 1. The molecule has 1 N–H and O–H groups in total. The highest BCUT2D eigenvalue weighted by atomic mass is 32.2. The molecule has 1 aliphatic rings. The van der Waals surface area contributed by atoms with Crippen molar-refractivity contribution in [2.75, 3.05) is 26.1 Å². The Labute approximate surface area is 163 Å². The van der Waals surface area contributed by atoms with Crippen LogP contribution in [0.15, 0.2) is 58.7 Å². The average molecular weight is 382 g/mol. The minimum absolute atomic E-state index is 0.0416. The summed E-state index contributed by atoms with van der Waals surface area (Å²) in [6.45, 7) is 0. The van der Waals surface area contributed by atoms with Gasteiger partial charge in [0, 0.05) is 19.8 Å². The molecule has 7 heteroatoms. The largest absolute Gasteiger partial charge is 0.497 e. The van der Waals surface area contributed by atoms with Crippen molar-refractivity contribution >= 4 is 34.7 Å². The monoisotopic (exact) mass is 382 g/mol. The van der Waals surface area contributed by atoms with Crippen LogP contribution in [0.25, 0.3) is 0 Å². The van der Waals surface area contributed by atoms with E-state index in [0.717, 1.165) is 22.6 Å². The van der Waals surface area contributed by atoms with E-state index in [1.807, 2.05) is 67.5 Å². The number of nitrogens with zero attached hydrogens (tertiary/aromatic N) is 3. The first-order valence-electron chi connectivity index (χ1n) is 8.54. The van der Waals surface area contributed by atoms with E-state index in [0.29, 0.717) is 11.6 Å². The molecule has 6 nitrogen and oxygen atoms in total. The zero-order chi connectivity index (χ0) is 19.2. The van der Waals surface area contributed by atoms with Gasteiger partial charge in [-0.3, -0.25) is 4.79 Å². The number of ether oxygens (including phenoxy) is 1. The third kappa shape index (κ3) is 5.10. The van der Waals surface area contributed by atoms with Gasteiger partial charge in [0.1, 0.15) is 5.75 Å². The molecule has 1 amide bonds. The summed E-state index contributed by atoms with van der Waals surface area (Å²) in [7, 11) is 5.63. The van der Waals surface area contributed by atoms with Crippen molar-refractivity contribution < 1.29 is 9.53 Å². The van der Waals surface area contributed by atoms with Crippen LogP contribution in [0.3, 0.4) is 0 Å². The lowest BCUT2D eigenvalue weighted by atomic mass is 10.1. The molecule has 2 aromatic carbocycles. The van der Waals surface area contributed by atoms with Crippen molar-refractivity contribution in [3.8, 4) is 5.75 Å². The fourth-order valence-corrected chi connectivity index (χ4v) is 3.53. The second-order valence-corrected chi connectivity index (χ2v) is 7.48. The van der Waals surface area contributed by atoms with E-state index in [4.69, 9.17) is 4.74 Å². The van der Waals surface area contributed by atoms with Crippen molar-refractivity contribution in [1.82, 2.24) is 5.32 Å². The molecule has 2 aromatic rings. The summed E-state index contributed by atoms with van der Waals surface area (Å²) in [5.41, 5.74) is 3.15. The highest BCUT2D eigenvalue weighted by molar-refractivity contribution is 8.15. The van der Waals surface area contributed by atoms with E-state index in [9.17, 15) is 4.79 Å². The molecule has 1 heterocycles. The molecule has 0 unspecified atom stereocenters. The Bertz CT molecular complexity index is 845. The van der Waals surface area contributed by atoms with Crippen LogP contribution < -0.4 is 15.0 Å². The average Bonchev–Trinajstić information content (AvgIpc) is 3.02. The minimum Gasteiger partial charge on any atom is -0.497 e. The van der Waals surface area contributed by atoms with Crippen LogP contribution in [-0.2, 0) is 11.2 Å². The third-order valence-electron chi connectivity index (χ3n) is 4.12. The first kappa shape index (κ1) is 19.0. The molecule has 1 fully saturated rings. The molecule has 1 atom stereocenters. The summed E-state index contributed by atoms with van der Waals surface area (Å²) >= 11 is 1.40. The van der Waals surface area contributed by atoms with Gasteiger partial charge >= 0.3 is 0 Å². The first-order valence-corrected chi connectivity index (χ1v) is 9.42. The number of benzene rings is 2. The number of methoxy groups -OCH3 is 1. The number of hydrogen-bond donors (Lipinski definition) is 1. The van der Waals surface area contributed by atoms with Crippen molar-refractivity contribution in [2.24, 2.45) is 10.2 Å². The van der Waals surface area contributed by atoms with Gasteiger partial charge in [-0.25, -0.2) is 0 Å². The molecule has 1 saturated heterocycles. The Balaban J connectivity index is 1.58. The zero-order valence-electron chi connectivity index (χ0n) is 15.5. The van der Waals surface area contributed by atoms with Crippen molar-refractivity contribution in [2.45, 2.75) is 11.7 Å². The van der Waals surface area contributed by atoms with Crippen LogP contribution in [0.2, 0.25) is 0 Å². The summed E-state index contributed by atoms with van der Waals surface area (Å²) in [6, 6.07) is 15.7. The van der Waals surface area contributed by atoms with E-state index in [1.54, 1.807) is 13.3 Å². The van der Waals surface area contributed by atoms with Crippen LogP contribution >= 0.6 is 11.8 Å². The maximum Gasteiger partial charge on any atom is 0.239 e. The van der Waals surface area contributed by atoms with E-state index in [1.165, 1.54) is 11.8 Å². The molecule has 140 valence electrons. The van der Waals surface area contributed by atoms with E-state index in [-0.39, 0.29) is 11.2 Å². The Morgan fingerprint density at radius 2 is 1.85 bits per heavy atom. The SMILES string of the molecule is COc1ccc(C[C@@H]2S/C(=N/N=Cc3ccc(N(C)C)cc3)NC2=O)cc1. The number of thioether (sulfide) groups is 1. The van der Waals surface area contributed by atoms with Gasteiger partial charge in [-0.05, 0) is 41.8 Å². The summed E-state index contributed by atoms with van der Waals surface area (Å²) < 4.78 is 5.15. The van der Waals surface area contributed by atoms with Gasteiger partial charge in [0.25, 0.3) is 0 Å². The number of carbonyl (C=O) groups excluding carboxylic acids is 1. The number of amidine groups is 1. The van der Waals surface area contributed by atoms with Gasteiger partial charge in [0.15, 0.2) is 5.17 Å². The lowest BCUT2D eigenvalue weighted by Gasteiger charge is -2.11. The Morgan fingerprint density at radius 3 is 2.48 bits per heavy atom. The molecule has 0 spiro atoms. The summed E-state index contributed by atoms with van der Waals surface area (Å²) in [4.78, 5) is 14.2. The molecule has 27 heavy (non-hydrogen) atoms. The van der Waals surface area contributed by atoms with Gasteiger partial charge in [-0.1, -0.05) is 36.0 Å². The molecule has 0 bridgehead atoms. The van der Waals surface area contributed by atoms with E-state index < -0.39 is 0 Å². The van der Waals surface area contributed by atoms with Crippen LogP contribution in [0.4, 0.5) is 5.69 Å². The molecule has 0 aromatic heterocycles. The van der Waals surface area contributed by atoms with Gasteiger partial charge < -0.3 is 15.0 Å². The van der Waals surface area contributed by atoms with Crippen LogP contribution in [0, 0.1) is 0 Å². The van der Waals surface area contributed by atoms with Crippen LogP contribution in [-0.4, -0.2) is 43.7 Å². The quantitative estimate of drug-likeness (QED) is 0.616. The molecule has 1 aliphatic heterocycles. The number of anilines is 1. The van der Waals surface area contributed by atoms with Crippen molar-refractivity contribution in [3.05, 3.63) is 59.7 Å². The normalized spacial score (nSPS) is 18.1. The van der Waals surface area contributed by atoms with Gasteiger partial charge in [0.2, 0.25) is 5.91 Å². The zero-order valence-corrected chi connectivity index (χ0v) is 16.4. The maximum atomic E-state index is 12.2. The molecule has 0 radical (unpaired) electrons. The predicted molar refractivity (Wildman–Crippen MR) is 112 cm³/mol. The highest BCUT2D eigenvalue weighted by Crippen LogP contribution is 2.24. The summed E-state index contributed by atoms with van der Waals surface area (Å²) in [5, 5.41) is 11.3. The lowest BCUT2D eigenvalue weighted by Crippen LogP contribution is -2.25. The minimum atomic E-state index is -0.202. The Kier molecular flexibility index (Phi) is 6.13. The standard InChI is InChI=1S/C20H22N4O2S/c1-24(2)16-8-4-15(5-9-16)13-21-23-20-22-19(25)18(27-20)12-14-6-10-17(26-3)11-7-14/h4-11,13,18H,12H2,1-3H3,(H,22,23,25)/t18-/m0/s1. The van der Waals surface area contributed by atoms with Crippen LogP contribution in [0.1, 0.15) is 11.1 Å². The molecule has 3 rings (SSSR count).